The Morgan fingerprint density at radius 1 is 1.23 bits per heavy atom. The monoisotopic (exact) mass is 579 g/mol. The Morgan fingerprint density at radius 3 is 2.74 bits per heavy atom. The normalized spacial score (nSPS) is 10.9. The predicted octanol–water partition coefficient (Wildman–Crippen LogP) is 6.10. The Morgan fingerprint density at radius 2 is 2.03 bits per heavy atom. The average molecular weight is 581 g/mol. The number of rotatable bonds is 8. The van der Waals surface area contributed by atoms with E-state index in [9.17, 15) is 4.79 Å². The number of carbonyl (C=O) groups excluding carboxylic acids is 1. The summed E-state index contributed by atoms with van der Waals surface area (Å²) in [5, 5.41) is 14.3. The number of aromatic nitrogens is 4. The van der Waals surface area contributed by atoms with Gasteiger partial charge in [-0.3, -0.25) is 9.36 Å². The van der Waals surface area contributed by atoms with Crippen LogP contribution in [0.25, 0.3) is 22.8 Å². The van der Waals surface area contributed by atoms with Gasteiger partial charge < -0.3 is 9.73 Å². The summed E-state index contributed by atoms with van der Waals surface area (Å²) in [6, 6.07) is 11.5. The zero-order valence-electron chi connectivity index (χ0n) is 15.9. The largest absolute Gasteiger partial charge is 0.446 e. The number of halogens is 2. The van der Waals surface area contributed by atoms with Crippen molar-refractivity contribution in [3.8, 4) is 22.8 Å². The summed E-state index contributed by atoms with van der Waals surface area (Å²) >= 11 is 9.39. The van der Waals surface area contributed by atoms with Crippen LogP contribution in [0.15, 0.2) is 73.1 Å². The molecule has 7 nitrogen and oxygen atoms in total. The molecule has 0 aliphatic carbocycles. The van der Waals surface area contributed by atoms with Crippen molar-refractivity contribution < 1.29 is 9.21 Å². The first-order valence-corrected chi connectivity index (χ1v) is 12.4. The van der Waals surface area contributed by atoms with Gasteiger partial charge in [-0.2, -0.15) is 0 Å². The summed E-state index contributed by atoms with van der Waals surface area (Å²) in [5.41, 5.74) is 1.81. The quantitative estimate of drug-likeness (QED) is 0.200. The van der Waals surface area contributed by atoms with Crippen LogP contribution in [0.2, 0.25) is 0 Å². The summed E-state index contributed by atoms with van der Waals surface area (Å²) < 4.78 is 9.04. The minimum Gasteiger partial charge on any atom is -0.446 e. The number of anilines is 1. The van der Waals surface area contributed by atoms with Crippen LogP contribution in [0.1, 0.15) is 0 Å². The first-order chi connectivity index (χ1) is 15.0. The molecule has 0 saturated carbocycles. The number of allylic oxidation sites excluding steroid dienone is 1. The molecule has 158 valence electrons. The van der Waals surface area contributed by atoms with Crippen LogP contribution in [-0.2, 0) is 11.3 Å². The second-order valence-corrected chi connectivity index (χ2v) is 9.69. The molecular formula is C20H15Br2N5O2S2. The SMILES string of the molecule is C=CCn1c(SCC(=O)Nc2nc(-c3ccc(Br)cc3)cs2)nnc1-c1ccc(Br)o1. The number of thioether (sulfide) groups is 1. The van der Waals surface area contributed by atoms with Gasteiger partial charge in [0.05, 0.1) is 11.4 Å². The molecule has 1 aromatic carbocycles. The molecule has 3 heterocycles. The maximum Gasteiger partial charge on any atom is 0.236 e. The van der Waals surface area contributed by atoms with Gasteiger partial charge in [0.1, 0.15) is 0 Å². The van der Waals surface area contributed by atoms with Crippen molar-refractivity contribution in [2.24, 2.45) is 0 Å². The Kier molecular flexibility index (Phi) is 7.06. The highest BCUT2D eigenvalue weighted by atomic mass is 79.9. The van der Waals surface area contributed by atoms with Crippen molar-refractivity contribution in [1.82, 2.24) is 19.7 Å². The van der Waals surface area contributed by atoms with E-state index in [2.05, 4.69) is 58.9 Å². The van der Waals surface area contributed by atoms with Gasteiger partial charge in [-0.25, -0.2) is 4.98 Å². The van der Waals surface area contributed by atoms with Gasteiger partial charge in [0.15, 0.2) is 20.7 Å². The van der Waals surface area contributed by atoms with E-state index in [4.69, 9.17) is 4.42 Å². The van der Waals surface area contributed by atoms with Gasteiger partial charge in [0.25, 0.3) is 0 Å². The Labute approximate surface area is 203 Å². The van der Waals surface area contributed by atoms with Crippen molar-refractivity contribution in [2.75, 3.05) is 11.1 Å². The lowest BCUT2D eigenvalue weighted by atomic mass is 10.2. The molecule has 4 rings (SSSR count). The third-order valence-electron chi connectivity index (χ3n) is 4.04. The second-order valence-electron chi connectivity index (χ2n) is 6.19. The van der Waals surface area contributed by atoms with Gasteiger partial charge in [-0.1, -0.05) is 45.9 Å². The van der Waals surface area contributed by atoms with Gasteiger partial charge in [0, 0.05) is 22.0 Å². The highest BCUT2D eigenvalue weighted by Gasteiger charge is 2.18. The molecule has 0 fully saturated rings. The zero-order valence-corrected chi connectivity index (χ0v) is 20.7. The molecule has 11 heteroatoms. The van der Waals surface area contributed by atoms with E-state index in [-0.39, 0.29) is 11.7 Å². The molecular weight excluding hydrogens is 566 g/mol. The molecule has 4 aromatic rings. The van der Waals surface area contributed by atoms with Crippen LogP contribution in [-0.4, -0.2) is 31.4 Å². The number of hydrogen-bond donors (Lipinski definition) is 1. The van der Waals surface area contributed by atoms with Crippen LogP contribution >= 0.6 is 55.0 Å². The Bertz CT molecular complexity index is 1220. The lowest BCUT2D eigenvalue weighted by molar-refractivity contribution is -0.113. The molecule has 3 aromatic heterocycles. The lowest BCUT2D eigenvalue weighted by Gasteiger charge is -2.06. The van der Waals surface area contributed by atoms with Crippen LogP contribution in [0.3, 0.4) is 0 Å². The van der Waals surface area contributed by atoms with E-state index in [0.717, 1.165) is 15.7 Å². The maximum atomic E-state index is 12.5. The number of nitrogens with zero attached hydrogens (tertiary/aromatic N) is 4. The standard InChI is InChI=1S/C20H15Br2N5O2S2/c1-2-9-27-18(15-7-8-16(22)29-15)25-26-20(27)31-11-17(28)24-19-23-14(10-30-19)12-3-5-13(21)6-4-12/h2-8,10H,1,9,11H2,(H,23,24,28). The van der Waals surface area contributed by atoms with Crippen LogP contribution in [0, 0.1) is 0 Å². The van der Waals surface area contributed by atoms with Gasteiger partial charge in [-0.05, 0) is 40.2 Å². The summed E-state index contributed by atoms with van der Waals surface area (Å²) in [6.07, 6.45) is 1.74. The molecule has 0 bridgehead atoms. The van der Waals surface area contributed by atoms with Crippen molar-refractivity contribution >= 4 is 66.0 Å². The molecule has 1 amide bonds. The molecule has 31 heavy (non-hydrogen) atoms. The summed E-state index contributed by atoms with van der Waals surface area (Å²) in [7, 11) is 0. The first-order valence-electron chi connectivity index (χ1n) is 8.97. The summed E-state index contributed by atoms with van der Waals surface area (Å²) in [4.78, 5) is 16.9. The molecule has 0 aliphatic heterocycles. The van der Waals surface area contributed by atoms with Gasteiger partial charge in [-0.15, -0.1) is 28.1 Å². The van der Waals surface area contributed by atoms with E-state index in [0.29, 0.717) is 33.1 Å². The van der Waals surface area contributed by atoms with E-state index >= 15 is 0 Å². The fraction of sp³-hybridized carbons (Fsp3) is 0.100. The van der Waals surface area contributed by atoms with E-state index in [1.165, 1.54) is 23.1 Å². The minimum atomic E-state index is -0.169. The average Bonchev–Trinajstić information content (AvgIpc) is 3.48. The summed E-state index contributed by atoms with van der Waals surface area (Å²) in [5.74, 6) is 1.16. The van der Waals surface area contributed by atoms with E-state index in [1.54, 1.807) is 18.2 Å². The number of hydrogen-bond acceptors (Lipinski definition) is 7. The Hall–Kier alpha value is -2.21. The molecule has 0 spiro atoms. The smallest absolute Gasteiger partial charge is 0.236 e. The molecule has 0 radical (unpaired) electrons. The molecule has 1 N–H and O–H groups in total. The highest BCUT2D eigenvalue weighted by Crippen LogP contribution is 2.28. The van der Waals surface area contributed by atoms with Crippen molar-refractivity contribution in [3.63, 3.8) is 0 Å². The third-order valence-corrected chi connectivity index (χ3v) is 6.72. The fourth-order valence-electron chi connectivity index (χ4n) is 2.68. The molecule has 0 unspecified atom stereocenters. The third kappa shape index (κ3) is 5.35. The fourth-order valence-corrected chi connectivity index (χ4v) is 4.73. The topological polar surface area (TPSA) is 85.8 Å². The number of thiazole rings is 1. The number of nitrogens with one attached hydrogen (secondary N) is 1. The zero-order chi connectivity index (χ0) is 21.8. The first kappa shape index (κ1) is 22.0. The van der Waals surface area contributed by atoms with E-state index in [1.807, 2.05) is 34.2 Å². The number of amides is 1. The predicted molar refractivity (Wildman–Crippen MR) is 130 cm³/mol. The highest BCUT2D eigenvalue weighted by molar-refractivity contribution is 9.10. The van der Waals surface area contributed by atoms with Gasteiger partial charge in [0.2, 0.25) is 11.7 Å². The summed E-state index contributed by atoms with van der Waals surface area (Å²) in [6.45, 7) is 4.28. The minimum absolute atomic E-state index is 0.169. The number of benzene rings is 1. The van der Waals surface area contributed by atoms with Crippen LogP contribution in [0.4, 0.5) is 5.13 Å². The number of furan rings is 1. The van der Waals surface area contributed by atoms with E-state index < -0.39 is 0 Å². The second kappa shape index (κ2) is 9.94. The molecule has 0 atom stereocenters. The van der Waals surface area contributed by atoms with Crippen molar-refractivity contribution in [2.45, 2.75) is 11.7 Å². The van der Waals surface area contributed by atoms with Crippen LogP contribution < -0.4 is 5.32 Å². The van der Waals surface area contributed by atoms with Crippen molar-refractivity contribution in [3.05, 3.63) is 63.6 Å². The molecule has 0 saturated heterocycles. The van der Waals surface area contributed by atoms with Gasteiger partial charge >= 0.3 is 0 Å². The molecule has 0 aliphatic rings. The van der Waals surface area contributed by atoms with Crippen molar-refractivity contribution in [1.29, 1.82) is 0 Å². The number of carbonyl (C=O) groups is 1. The maximum absolute atomic E-state index is 12.5. The lowest BCUT2D eigenvalue weighted by Crippen LogP contribution is -2.14. The Balaban J connectivity index is 1.40. The van der Waals surface area contributed by atoms with Crippen LogP contribution in [0.5, 0.6) is 0 Å².